The molecule has 1 unspecified atom stereocenters. The van der Waals surface area contributed by atoms with Gasteiger partial charge in [0.2, 0.25) is 0 Å². The number of carboxylic acids is 1. The molecule has 114 valence electrons. The van der Waals surface area contributed by atoms with Gasteiger partial charge < -0.3 is 25.5 Å². The lowest BCUT2D eigenvalue weighted by atomic mass is 10.1. The smallest absolute Gasteiger partial charge is 0.317 e. The Morgan fingerprint density at radius 1 is 1.25 bits per heavy atom. The van der Waals surface area contributed by atoms with Crippen LogP contribution in [0.5, 0.6) is 0 Å². The topological polar surface area (TPSA) is 102 Å². The van der Waals surface area contributed by atoms with Crippen molar-refractivity contribution in [2.45, 2.75) is 12.8 Å². The number of carbonyl (C=O) groups is 3. The molecule has 1 aliphatic heterocycles. The third-order valence-corrected chi connectivity index (χ3v) is 3.12. The minimum absolute atomic E-state index is 0.0340. The van der Waals surface area contributed by atoms with Crippen LogP contribution in [0, 0.1) is 5.92 Å². The molecule has 0 aliphatic carbocycles. The zero-order valence-electron chi connectivity index (χ0n) is 11.9. The maximum absolute atomic E-state index is 11.8. The lowest BCUT2D eigenvalue weighted by Crippen LogP contribution is -2.43. The molecule has 0 aromatic carbocycles. The van der Waals surface area contributed by atoms with Crippen LogP contribution >= 0.6 is 0 Å². The second kappa shape index (κ2) is 7.56. The second-order valence-electron chi connectivity index (χ2n) is 5.06. The van der Waals surface area contributed by atoms with Crippen LogP contribution in [-0.2, 0) is 4.79 Å². The first-order valence-electron chi connectivity index (χ1n) is 6.60. The zero-order chi connectivity index (χ0) is 15.1. The summed E-state index contributed by atoms with van der Waals surface area (Å²) in [5, 5.41) is 14.0. The number of amides is 4. The lowest BCUT2D eigenvalue weighted by Gasteiger charge is -2.17. The van der Waals surface area contributed by atoms with Gasteiger partial charge in [0.15, 0.2) is 0 Å². The second-order valence-corrected chi connectivity index (χ2v) is 5.06. The quantitative estimate of drug-likeness (QED) is 0.607. The van der Waals surface area contributed by atoms with Gasteiger partial charge in [-0.05, 0) is 12.3 Å². The molecule has 0 aromatic heterocycles. The summed E-state index contributed by atoms with van der Waals surface area (Å²) in [7, 11) is 3.28. The number of hydrogen-bond donors (Lipinski definition) is 3. The van der Waals surface area contributed by atoms with E-state index in [9.17, 15) is 14.4 Å². The van der Waals surface area contributed by atoms with Gasteiger partial charge in [0.1, 0.15) is 0 Å². The first kappa shape index (κ1) is 16.1. The van der Waals surface area contributed by atoms with Crippen molar-refractivity contribution in [2.75, 3.05) is 40.3 Å². The number of nitrogens with one attached hydrogen (secondary N) is 2. The Kier molecular flexibility index (Phi) is 6.08. The van der Waals surface area contributed by atoms with E-state index in [0.29, 0.717) is 26.2 Å². The Balaban J connectivity index is 2.18. The van der Waals surface area contributed by atoms with E-state index in [1.54, 1.807) is 19.0 Å². The van der Waals surface area contributed by atoms with Crippen molar-refractivity contribution in [3.63, 3.8) is 0 Å². The average Bonchev–Trinajstić information content (AvgIpc) is 2.81. The Bertz CT molecular complexity index is 372. The van der Waals surface area contributed by atoms with Crippen LogP contribution < -0.4 is 10.6 Å². The Labute approximate surface area is 118 Å². The van der Waals surface area contributed by atoms with E-state index in [-0.39, 0.29) is 24.4 Å². The first-order valence-corrected chi connectivity index (χ1v) is 6.60. The van der Waals surface area contributed by atoms with E-state index in [0.717, 1.165) is 6.42 Å². The molecule has 0 saturated carbocycles. The predicted octanol–water partition coefficient (Wildman–Crippen LogP) is -0.236. The fraction of sp³-hybridized carbons (Fsp3) is 0.750. The highest BCUT2D eigenvalue weighted by Gasteiger charge is 2.27. The van der Waals surface area contributed by atoms with Crippen LogP contribution in [0.2, 0.25) is 0 Å². The molecule has 1 aliphatic rings. The number of carboxylic acid groups (broad SMARTS) is 1. The van der Waals surface area contributed by atoms with Gasteiger partial charge in [-0.25, -0.2) is 9.59 Å². The maximum Gasteiger partial charge on any atom is 0.317 e. The Morgan fingerprint density at radius 2 is 1.90 bits per heavy atom. The molecule has 0 spiro atoms. The molecular weight excluding hydrogens is 264 g/mol. The maximum atomic E-state index is 11.8. The molecule has 1 rings (SSSR count). The normalized spacial score (nSPS) is 17.7. The monoisotopic (exact) mass is 286 g/mol. The van der Waals surface area contributed by atoms with Crippen molar-refractivity contribution in [1.82, 2.24) is 20.4 Å². The third kappa shape index (κ3) is 5.33. The number of carbonyl (C=O) groups excluding carboxylic acids is 2. The van der Waals surface area contributed by atoms with Gasteiger partial charge in [-0.15, -0.1) is 0 Å². The van der Waals surface area contributed by atoms with Crippen molar-refractivity contribution in [2.24, 2.45) is 5.92 Å². The summed E-state index contributed by atoms with van der Waals surface area (Å²) in [5.74, 6) is -0.796. The minimum atomic E-state index is -0.830. The SMILES string of the molecule is CN(C)C(=O)NCCNC(=O)N1CCC(CC(=O)O)C1. The number of hydrogen-bond acceptors (Lipinski definition) is 3. The fourth-order valence-corrected chi connectivity index (χ4v) is 2.04. The molecular formula is C12H22N4O4. The third-order valence-electron chi connectivity index (χ3n) is 3.12. The average molecular weight is 286 g/mol. The highest BCUT2D eigenvalue weighted by atomic mass is 16.4. The van der Waals surface area contributed by atoms with Crippen LogP contribution in [0.15, 0.2) is 0 Å². The van der Waals surface area contributed by atoms with E-state index in [1.807, 2.05) is 0 Å². The number of nitrogens with zero attached hydrogens (tertiary/aromatic N) is 2. The summed E-state index contributed by atoms with van der Waals surface area (Å²) in [5.41, 5.74) is 0. The van der Waals surface area contributed by atoms with Gasteiger partial charge in [0.25, 0.3) is 0 Å². The summed E-state index contributed by atoms with van der Waals surface area (Å²) in [6.45, 7) is 1.75. The van der Waals surface area contributed by atoms with Crippen molar-refractivity contribution in [3.8, 4) is 0 Å². The van der Waals surface area contributed by atoms with Crippen LogP contribution in [0.25, 0.3) is 0 Å². The van der Waals surface area contributed by atoms with Crippen LogP contribution in [0.1, 0.15) is 12.8 Å². The van der Waals surface area contributed by atoms with Crippen molar-refractivity contribution in [3.05, 3.63) is 0 Å². The largest absolute Gasteiger partial charge is 0.481 e. The van der Waals surface area contributed by atoms with Crippen LogP contribution in [-0.4, -0.2) is 73.2 Å². The van der Waals surface area contributed by atoms with Gasteiger partial charge >= 0.3 is 18.0 Å². The van der Waals surface area contributed by atoms with Crippen molar-refractivity contribution >= 4 is 18.0 Å². The lowest BCUT2D eigenvalue weighted by molar-refractivity contribution is -0.138. The summed E-state index contributed by atoms with van der Waals surface area (Å²) in [6, 6.07) is -0.418. The molecule has 1 atom stereocenters. The van der Waals surface area contributed by atoms with Gasteiger partial charge in [0.05, 0.1) is 0 Å². The number of urea groups is 2. The predicted molar refractivity (Wildman–Crippen MR) is 72.4 cm³/mol. The molecule has 4 amide bonds. The molecule has 1 heterocycles. The minimum Gasteiger partial charge on any atom is -0.481 e. The molecule has 8 heteroatoms. The Hall–Kier alpha value is -1.99. The van der Waals surface area contributed by atoms with E-state index >= 15 is 0 Å². The summed E-state index contributed by atoms with van der Waals surface area (Å²) >= 11 is 0. The highest BCUT2D eigenvalue weighted by Crippen LogP contribution is 2.19. The molecule has 8 nitrogen and oxygen atoms in total. The first-order chi connectivity index (χ1) is 9.40. The molecule has 0 aromatic rings. The summed E-state index contributed by atoms with van der Waals surface area (Å²) in [6.07, 6.45) is 0.819. The van der Waals surface area contributed by atoms with Gasteiger partial charge in [-0.2, -0.15) is 0 Å². The molecule has 0 bridgehead atoms. The molecule has 1 fully saturated rings. The van der Waals surface area contributed by atoms with Crippen molar-refractivity contribution < 1.29 is 19.5 Å². The van der Waals surface area contributed by atoms with Crippen molar-refractivity contribution in [1.29, 1.82) is 0 Å². The van der Waals surface area contributed by atoms with Crippen LogP contribution in [0.4, 0.5) is 9.59 Å². The molecule has 3 N–H and O–H groups in total. The van der Waals surface area contributed by atoms with E-state index < -0.39 is 5.97 Å². The molecule has 20 heavy (non-hydrogen) atoms. The standard InChI is InChI=1S/C12H22N4O4/c1-15(2)11(19)13-4-5-14-12(20)16-6-3-9(8-16)7-10(17)18/h9H,3-8H2,1-2H3,(H,13,19)(H,14,20)(H,17,18). The van der Waals surface area contributed by atoms with E-state index in [4.69, 9.17) is 5.11 Å². The summed E-state index contributed by atoms with van der Waals surface area (Å²) < 4.78 is 0. The van der Waals surface area contributed by atoms with Crippen LogP contribution in [0.3, 0.4) is 0 Å². The molecule has 1 saturated heterocycles. The van der Waals surface area contributed by atoms with E-state index in [1.165, 1.54) is 4.90 Å². The van der Waals surface area contributed by atoms with Gasteiger partial charge in [-0.1, -0.05) is 0 Å². The fourth-order valence-electron chi connectivity index (χ4n) is 2.04. The number of aliphatic carboxylic acids is 1. The number of rotatable bonds is 5. The Morgan fingerprint density at radius 3 is 2.50 bits per heavy atom. The van der Waals surface area contributed by atoms with Gasteiger partial charge in [-0.3, -0.25) is 4.79 Å². The highest BCUT2D eigenvalue weighted by molar-refractivity contribution is 5.75. The molecule has 0 radical (unpaired) electrons. The summed E-state index contributed by atoms with van der Waals surface area (Å²) in [4.78, 5) is 36.7. The zero-order valence-corrected chi connectivity index (χ0v) is 11.9. The van der Waals surface area contributed by atoms with Gasteiger partial charge in [0, 0.05) is 46.7 Å². The number of likely N-dealkylation sites (tertiary alicyclic amines) is 1. The van der Waals surface area contributed by atoms with E-state index in [2.05, 4.69) is 10.6 Å².